The molecule has 2 aromatic carbocycles. The third-order valence-electron chi connectivity index (χ3n) is 3.66. The Kier molecular flexibility index (Phi) is 4.95. The number of nitrogens with one attached hydrogen (secondary N) is 2. The first-order valence-corrected chi connectivity index (χ1v) is 7.87. The Morgan fingerprint density at radius 2 is 2.04 bits per heavy atom. The molecule has 1 heterocycles. The molecule has 3 aromatic rings. The van der Waals surface area contributed by atoms with Crippen molar-refractivity contribution in [1.29, 1.82) is 5.41 Å². The molecule has 0 spiro atoms. The van der Waals surface area contributed by atoms with E-state index in [1.165, 1.54) is 6.39 Å². The number of hydrogen-bond acceptors (Lipinski definition) is 4. The lowest BCUT2D eigenvalue weighted by Crippen LogP contribution is -2.14. The van der Waals surface area contributed by atoms with Gasteiger partial charge in [0.15, 0.2) is 12.0 Å². The minimum absolute atomic E-state index is 0.302. The molecule has 3 rings (SSSR count). The van der Waals surface area contributed by atoms with Gasteiger partial charge in [-0.3, -0.25) is 4.79 Å². The molecule has 2 N–H and O–H groups in total. The van der Waals surface area contributed by atoms with Crippen molar-refractivity contribution in [2.45, 2.75) is 0 Å². The van der Waals surface area contributed by atoms with Crippen molar-refractivity contribution in [2.75, 3.05) is 5.32 Å². The van der Waals surface area contributed by atoms with Crippen molar-refractivity contribution < 1.29 is 13.6 Å². The van der Waals surface area contributed by atoms with Crippen molar-refractivity contribution >= 4 is 40.5 Å². The zero-order valence-electron chi connectivity index (χ0n) is 13.4. The van der Waals surface area contributed by atoms with Crippen LogP contribution in [0.15, 0.2) is 71.3 Å². The molecular formula is C19H13ClFN3O2. The Hall–Kier alpha value is -3.25. The molecule has 0 unspecified atom stereocenters. The molecule has 0 bridgehead atoms. The molecule has 7 heteroatoms. The number of aromatic nitrogens is 1. The number of oxazole rings is 1. The van der Waals surface area contributed by atoms with Gasteiger partial charge in [0.2, 0.25) is 0 Å². The Balaban J connectivity index is 1.85. The molecule has 0 aliphatic rings. The lowest BCUT2D eigenvalue weighted by molar-refractivity contribution is -0.112. The summed E-state index contributed by atoms with van der Waals surface area (Å²) >= 11 is 6.29. The highest BCUT2D eigenvalue weighted by molar-refractivity contribution is 6.34. The van der Waals surface area contributed by atoms with Crippen molar-refractivity contribution in [1.82, 2.24) is 4.98 Å². The fourth-order valence-electron chi connectivity index (χ4n) is 2.40. The Morgan fingerprint density at radius 3 is 2.69 bits per heavy atom. The second-order valence-electron chi connectivity index (χ2n) is 5.34. The van der Waals surface area contributed by atoms with Gasteiger partial charge in [0.05, 0.1) is 10.6 Å². The minimum atomic E-state index is -0.907. The first-order valence-electron chi connectivity index (χ1n) is 7.49. The molecule has 0 aliphatic carbocycles. The van der Waals surface area contributed by atoms with Gasteiger partial charge in [0.25, 0.3) is 5.91 Å². The van der Waals surface area contributed by atoms with Crippen molar-refractivity contribution in [3.05, 3.63) is 71.9 Å². The molecule has 0 atom stereocenters. The lowest BCUT2D eigenvalue weighted by atomic mass is 10.0. The summed E-state index contributed by atoms with van der Waals surface area (Å²) in [6.45, 7) is 3.09. The van der Waals surface area contributed by atoms with E-state index in [2.05, 4.69) is 16.9 Å². The van der Waals surface area contributed by atoms with Gasteiger partial charge < -0.3 is 15.1 Å². The zero-order valence-corrected chi connectivity index (χ0v) is 14.2. The van der Waals surface area contributed by atoms with Crippen LogP contribution in [0, 0.1) is 5.41 Å². The molecule has 1 amide bonds. The average Bonchev–Trinajstić information content (AvgIpc) is 3.06. The molecule has 1 aromatic heterocycles. The van der Waals surface area contributed by atoms with E-state index in [-0.39, 0.29) is 5.57 Å². The summed E-state index contributed by atoms with van der Waals surface area (Å²) in [7, 11) is 0. The molecule has 26 heavy (non-hydrogen) atoms. The van der Waals surface area contributed by atoms with Crippen LogP contribution in [0.25, 0.3) is 22.2 Å². The standard InChI is InChI=1S/C19H13ClFN3O2/c1-11(21)14(6-7-22)19(25)24-13-4-2-12(3-5-13)15-8-17-18(9-16(15)20)26-10-23-17/h2-10,22H,1H2,(H,24,25)/b14-6+,22-7?. The number of anilines is 1. The van der Waals surface area contributed by atoms with Gasteiger partial charge in [-0.15, -0.1) is 0 Å². The van der Waals surface area contributed by atoms with E-state index >= 15 is 0 Å². The molecule has 130 valence electrons. The molecule has 0 saturated heterocycles. The lowest BCUT2D eigenvalue weighted by Gasteiger charge is -2.09. The van der Waals surface area contributed by atoms with Crippen LogP contribution >= 0.6 is 11.6 Å². The predicted octanol–water partition coefficient (Wildman–Crippen LogP) is 5.15. The molecule has 0 fully saturated rings. The van der Waals surface area contributed by atoms with Gasteiger partial charge in [-0.2, -0.15) is 0 Å². The fourth-order valence-corrected chi connectivity index (χ4v) is 2.67. The van der Waals surface area contributed by atoms with E-state index in [0.717, 1.165) is 23.4 Å². The number of rotatable bonds is 5. The normalized spacial score (nSPS) is 11.4. The number of allylic oxidation sites excluding steroid dienone is 1. The topological polar surface area (TPSA) is 79.0 Å². The summed E-state index contributed by atoms with van der Waals surface area (Å²) in [5, 5.41) is 10.0. The molecule has 5 nitrogen and oxygen atoms in total. The van der Waals surface area contributed by atoms with Crippen molar-refractivity contribution in [3.8, 4) is 11.1 Å². The van der Waals surface area contributed by atoms with Gasteiger partial charge >= 0.3 is 0 Å². The molecular weight excluding hydrogens is 357 g/mol. The van der Waals surface area contributed by atoms with Crippen LogP contribution in [-0.4, -0.2) is 17.1 Å². The third-order valence-corrected chi connectivity index (χ3v) is 3.97. The predicted molar refractivity (Wildman–Crippen MR) is 100 cm³/mol. The highest BCUT2D eigenvalue weighted by atomic mass is 35.5. The van der Waals surface area contributed by atoms with Gasteiger partial charge in [0, 0.05) is 23.5 Å². The second kappa shape index (κ2) is 7.33. The SMILES string of the molecule is C=C(F)/C(=C\C=N)C(=O)Nc1ccc(-c2cc3ncoc3cc2Cl)cc1. The number of fused-ring (bicyclic) bond motifs is 1. The van der Waals surface area contributed by atoms with E-state index in [1.54, 1.807) is 30.3 Å². The first kappa shape index (κ1) is 17.6. The van der Waals surface area contributed by atoms with Crippen molar-refractivity contribution in [2.24, 2.45) is 0 Å². The van der Waals surface area contributed by atoms with E-state index in [4.69, 9.17) is 21.4 Å². The molecule has 0 radical (unpaired) electrons. The smallest absolute Gasteiger partial charge is 0.258 e. The number of nitrogens with zero attached hydrogens (tertiary/aromatic N) is 1. The Bertz CT molecular complexity index is 1040. The summed E-state index contributed by atoms with van der Waals surface area (Å²) in [6, 6.07) is 10.4. The van der Waals surface area contributed by atoms with Crippen LogP contribution in [-0.2, 0) is 4.79 Å². The largest absolute Gasteiger partial charge is 0.443 e. The van der Waals surface area contributed by atoms with E-state index in [0.29, 0.717) is 21.8 Å². The Labute approximate surface area is 153 Å². The highest BCUT2D eigenvalue weighted by Gasteiger charge is 2.13. The number of hydrogen-bond donors (Lipinski definition) is 2. The van der Waals surface area contributed by atoms with E-state index in [9.17, 15) is 9.18 Å². The van der Waals surface area contributed by atoms with Gasteiger partial charge in [-0.05, 0) is 29.8 Å². The monoisotopic (exact) mass is 369 g/mol. The van der Waals surface area contributed by atoms with Gasteiger partial charge in [-0.25, -0.2) is 9.37 Å². The maximum atomic E-state index is 13.3. The van der Waals surface area contributed by atoms with Crippen LogP contribution < -0.4 is 5.32 Å². The number of carbonyl (C=O) groups is 1. The first-order chi connectivity index (χ1) is 12.5. The van der Waals surface area contributed by atoms with Crippen LogP contribution in [0.3, 0.4) is 0 Å². The van der Waals surface area contributed by atoms with Crippen LogP contribution in [0.1, 0.15) is 0 Å². The highest BCUT2D eigenvalue weighted by Crippen LogP contribution is 2.32. The summed E-state index contributed by atoms with van der Waals surface area (Å²) in [6.07, 6.45) is 3.21. The Morgan fingerprint density at radius 1 is 1.31 bits per heavy atom. The number of amides is 1. The molecule has 0 saturated carbocycles. The average molecular weight is 370 g/mol. The number of halogens is 2. The maximum Gasteiger partial charge on any atom is 0.258 e. The fraction of sp³-hybridized carbons (Fsp3) is 0. The van der Waals surface area contributed by atoms with E-state index < -0.39 is 11.7 Å². The summed E-state index contributed by atoms with van der Waals surface area (Å²) in [4.78, 5) is 16.2. The third kappa shape index (κ3) is 3.55. The minimum Gasteiger partial charge on any atom is -0.443 e. The van der Waals surface area contributed by atoms with Crippen LogP contribution in [0.5, 0.6) is 0 Å². The van der Waals surface area contributed by atoms with Crippen LogP contribution in [0.2, 0.25) is 5.02 Å². The summed E-state index contributed by atoms with van der Waals surface area (Å²) < 4.78 is 18.5. The van der Waals surface area contributed by atoms with E-state index in [1.807, 2.05) is 6.07 Å². The maximum absolute atomic E-state index is 13.3. The van der Waals surface area contributed by atoms with Gasteiger partial charge in [0.1, 0.15) is 11.3 Å². The number of benzene rings is 2. The summed E-state index contributed by atoms with van der Waals surface area (Å²) in [5.74, 6) is -1.59. The second-order valence-corrected chi connectivity index (χ2v) is 5.74. The number of carbonyl (C=O) groups excluding carboxylic acids is 1. The van der Waals surface area contributed by atoms with Gasteiger partial charge in [-0.1, -0.05) is 30.3 Å². The molecule has 0 aliphatic heterocycles. The zero-order chi connectivity index (χ0) is 18.7. The van der Waals surface area contributed by atoms with Crippen molar-refractivity contribution in [3.63, 3.8) is 0 Å². The van der Waals surface area contributed by atoms with Crippen LogP contribution in [0.4, 0.5) is 10.1 Å². The summed E-state index contributed by atoms with van der Waals surface area (Å²) in [5.41, 5.74) is 3.04. The quantitative estimate of drug-likeness (QED) is 0.371.